The number of nitrogens with one attached hydrogen (secondary N) is 1. The van der Waals surface area contributed by atoms with Crippen molar-refractivity contribution in [3.63, 3.8) is 0 Å². The highest BCUT2D eigenvalue weighted by atomic mass is 16.5. The van der Waals surface area contributed by atoms with Crippen molar-refractivity contribution in [2.45, 2.75) is 65.5 Å². The highest BCUT2D eigenvalue weighted by Gasteiger charge is 2.20. The second-order valence-corrected chi connectivity index (χ2v) is 6.95. The summed E-state index contributed by atoms with van der Waals surface area (Å²) in [6.07, 6.45) is 1.03. The van der Waals surface area contributed by atoms with Crippen molar-refractivity contribution in [1.82, 2.24) is 5.32 Å². The molecule has 0 amide bonds. The van der Waals surface area contributed by atoms with Crippen molar-refractivity contribution in [2.75, 3.05) is 13.2 Å². The van der Waals surface area contributed by atoms with Gasteiger partial charge in [-0.1, -0.05) is 53.7 Å². The van der Waals surface area contributed by atoms with Crippen LogP contribution in [0.15, 0.2) is 18.2 Å². The van der Waals surface area contributed by atoms with Gasteiger partial charge < -0.3 is 15.2 Å². The lowest BCUT2D eigenvalue weighted by Crippen LogP contribution is -2.41. The summed E-state index contributed by atoms with van der Waals surface area (Å²) in [5.74, 6) is 0.920. The molecule has 3 nitrogen and oxygen atoms in total. The number of aryl methyl sites for hydroxylation is 1. The molecular weight excluding hydrogens is 262 g/mol. The van der Waals surface area contributed by atoms with E-state index in [0.717, 1.165) is 12.2 Å². The van der Waals surface area contributed by atoms with Gasteiger partial charge in [0.05, 0.1) is 12.6 Å². The minimum atomic E-state index is -0.0383. The number of aliphatic hydroxyl groups is 1. The van der Waals surface area contributed by atoms with Gasteiger partial charge in [-0.15, -0.1) is 0 Å². The van der Waals surface area contributed by atoms with Gasteiger partial charge in [-0.25, -0.2) is 0 Å². The number of hydrogen-bond donors (Lipinski definition) is 2. The molecule has 1 rings (SSSR count). The summed E-state index contributed by atoms with van der Waals surface area (Å²) in [7, 11) is 0. The Morgan fingerprint density at radius 2 is 1.90 bits per heavy atom. The molecule has 0 aromatic heterocycles. The van der Waals surface area contributed by atoms with Crippen molar-refractivity contribution < 1.29 is 9.84 Å². The van der Waals surface area contributed by atoms with Gasteiger partial charge >= 0.3 is 0 Å². The molecule has 0 heterocycles. The van der Waals surface area contributed by atoms with Gasteiger partial charge in [0.25, 0.3) is 0 Å². The zero-order valence-corrected chi connectivity index (χ0v) is 14.4. The van der Waals surface area contributed by atoms with Crippen LogP contribution in [0, 0.1) is 0 Å². The molecular formula is C18H31NO2. The molecule has 0 saturated carbocycles. The molecule has 0 saturated heterocycles. The van der Waals surface area contributed by atoms with E-state index in [1.807, 2.05) is 0 Å². The lowest BCUT2D eigenvalue weighted by molar-refractivity contribution is 0.175. The third-order valence-corrected chi connectivity index (χ3v) is 3.49. The van der Waals surface area contributed by atoms with Crippen molar-refractivity contribution in [1.29, 1.82) is 0 Å². The Balaban J connectivity index is 2.87. The number of aliphatic hydroxyl groups excluding tert-OH is 1. The smallest absolute Gasteiger partial charge is 0.123 e. The Hall–Kier alpha value is -1.06. The summed E-state index contributed by atoms with van der Waals surface area (Å²) in [6.45, 7) is 13.5. The zero-order chi connectivity index (χ0) is 16.0. The number of ether oxygens (including phenoxy) is 1. The van der Waals surface area contributed by atoms with E-state index in [1.54, 1.807) is 0 Å². The molecule has 0 aliphatic carbocycles. The van der Waals surface area contributed by atoms with E-state index in [0.29, 0.717) is 12.6 Å². The Morgan fingerprint density at radius 1 is 1.24 bits per heavy atom. The maximum Gasteiger partial charge on any atom is 0.123 e. The van der Waals surface area contributed by atoms with Crippen molar-refractivity contribution in [2.24, 2.45) is 0 Å². The van der Waals surface area contributed by atoms with Gasteiger partial charge in [-0.05, 0) is 29.0 Å². The Kier molecular flexibility index (Phi) is 6.69. The average Bonchev–Trinajstić information content (AvgIpc) is 2.41. The molecule has 0 bridgehead atoms. The van der Waals surface area contributed by atoms with Gasteiger partial charge in [-0.2, -0.15) is 0 Å². The monoisotopic (exact) mass is 293 g/mol. The first-order valence-electron chi connectivity index (χ1n) is 7.91. The molecule has 1 atom stereocenters. The molecule has 120 valence electrons. The Labute approximate surface area is 129 Å². The van der Waals surface area contributed by atoms with E-state index in [2.05, 4.69) is 65.1 Å². The van der Waals surface area contributed by atoms with Gasteiger partial charge in [0.2, 0.25) is 0 Å². The van der Waals surface area contributed by atoms with Crippen molar-refractivity contribution in [3.05, 3.63) is 29.3 Å². The molecule has 0 radical (unpaired) electrons. The highest BCUT2D eigenvalue weighted by Crippen LogP contribution is 2.32. The summed E-state index contributed by atoms with van der Waals surface area (Å²) < 4.78 is 5.99. The molecule has 0 aliphatic heterocycles. The van der Waals surface area contributed by atoms with Gasteiger partial charge in [0.15, 0.2) is 0 Å². The first-order valence-corrected chi connectivity index (χ1v) is 7.91. The zero-order valence-electron chi connectivity index (χ0n) is 14.4. The summed E-state index contributed by atoms with van der Waals surface area (Å²) in [4.78, 5) is 0. The van der Waals surface area contributed by atoms with Crippen LogP contribution >= 0.6 is 0 Å². The fraction of sp³-hybridized carbons (Fsp3) is 0.667. The van der Waals surface area contributed by atoms with E-state index < -0.39 is 0 Å². The molecule has 0 spiro atoms. The molecule has 2 N–H and O–H groups in total. The summed E-state index contributed by atoms with van der Waals surface area (Å²) in [5, 5.41) is 12.7. The standard InChI is InChI=1S/C18H31NO2/c1-7-14-8-9-17(16(10-14)18(4,5)6)21-12-15(11-20)19-13(2)3/h8-10,13,15,19-20H,7,11-12H2,1-6H3. The highest BCUT2D eigenvalue weighted by molar-refractivity contribution is 5.41. The third-order valence-electron chi connectivity index (χ3n) is 3.49. The fourth-order valence-electron chi connectivity index (χ4n) is 2.32. The van der Waals surface area contributed by atoms with E-state index in [-0.39, 0.29) is 18.1 Å². The van der Waals surface area contributed by atoms with Crippen LogP contribution < -0.4 is 10.1 Å². The van der Waals surface area contributed by atoms with Crippen LogP contribution in [0.5, 0.6) is 5.75 Å². The minimum Gasteiger partial charge on any atom is -0.492 e. The lowest BCUT2D eigenvalue weighted by atomic mass is 9.85. The van der Waals surface area contributed by atoms with Crippen LogP contribution in [0.25, 0.3) is 0 Å². The van der Waals surface area contributed by atoms with E-state index in [1.165, 1.54) is 11.1 Å². The second kappa shape index (κ2) is 7.81. The van der Waals surface area contributed by atoms with Crippen molar-refractivity contribution in [3.8, 4) is 5.75 Å². The molecule has 1 aromatic carbocycles. The number of benzene rings is 1. The van der Waals surface area contributed by atoms with Crippen LogP contribution in [0.4, 0.5) is 0 Å². The maximum absolute atomic E-state index is 9.42. The van der Waals surface area contributed by atoms with E-state index in [9.17, 15) is 5.11 Å². The van der Waals surface area contributed by atoms with E-state index in [4.69, 9.17) is 4.74 Å². The van der Waals surface area contributed by atoms with Crippen molar-refractivity contribution >= 4 is 0 Å². The molecule has 1 unspecified atom stereocenters. The maximum atomic E-state index is 9.42. The Bertz CT molecular complexity index is 435. The van der Waals surface area contributed by atoms with Gasteiger partial charge in [0, 0.05) is 6.04 Å². The normalized spacial score (nSPS) is 13.5. The molecule has 0 fully saturated rings. The SMILES string of the molecule is CCc1ccc(OCC(CO)NC(C)C)c(C(C)(C)C)c1. The minimum absolute atomic E-state index is 0.0383. The second-order valence-electron chi connectivity index (χ2n) is 6.95. The molecule has 3 heteroatoms. The number of hydrogen-bond acceptors (Lipinski definition) is 3. The van der Waals surface area contributed by atoms with E-state index >= 15 is 0 Å². The largest absolute Gasteiger partial charge is 0.492 e. The van der Waals surface area contributed by atoms with Gasteiger partial charge in [-0.3, -0.25) is 0 Å². The number of rotatable bonds is 7. The first kappa shape index (κ1) is 18.0. The average molecular weight is 293 g/mol. The fourth-order valence-corrected chi connectivity index (χ4v) is 2.32. The molecule has 0 aliphatic rings. The third kappa shape index (κ3) is 5.68. The first-order chi connectivity index (χ1) is 9.77. The van der Waals surface area contributed by atoms with Crippen LogP contribution in [0.1, 0.15) is 52.7 Å². The predicted octanol–water partition coefficient (Wildman–Crippen LogP) is 3.28. The summed E-state index contributed by atoms with van der Waals surface area (Å²) in [5.41, 5.74) is 2.59. The summed E-state index contributed by atoms with van der Waals surface area (Å²) in [6, 6.07) is 6.70. The van der Waals surface area contributed by atoms with Crippen LogP contribution in [-0.4, -0.2) is 30.4 Å². The summed E-state index contributed by atoms with van der Waals surface area (Å²) >= 11 is 0. The lowest BCUT2D eigenvalue weighted by Gasteiger charge is -2.25. The molecule has 1 aromatic rings. The Morgan fingerprint density at radius 3 is 2.38 bits per heavy atom. The van der Waals surface area contributed by atoms with Crippen LogP contribution in [0.3, 0.4) is 0 Å². The van der Waals surface area contributed by atoms with Gasteiger partial charge in [0.1, 0.15) is 12.4 Å². The predicted molar refractivity (Wildman–Crippen MR) is 89.2 cm³/mol. The topological polar surface area (TPSA) is 41.5 Å². The quantitative estimate of drug-likeness (QED) is 0.810. The molecule has 21 heavy (non-hydrogen) atoms. The van der Waals surface area contributed by atoms with Crippen LogP contribution in [0.2, 0.25) is 0 Å². The van der Waals surface area contributed by atoms with Crippen LogP contribution in [-0.2, 0) is 11.8 Å².